The number of carbonyl (C=O) groups is 1. The van der Waals surface area contributed by atoms with Crippen LogP contribution in [0.3, 0.4) is 0 Å². The first-order valence-corrected chi connectivity index (χ1v) is 10.4. The average Bonchev–Trinajstić information content (AvgIpc) is 2.68. The molecule has 0 atom stereocenters. The molecular weight excluding hydrogens is 322 g/mol. The van der Waals surface area contributed by atoms with Crippen molar-refractivity contribution in [2.75, 3.05) is 45.8 Å². The molecule has 0 unspecified atom stereocenters. The van der Waals surface area contributed by atoms with Crippen molar-refractivity contribution in [1.82, 2.24) is 14.7 Å². The van der Waals surface area contributed by atoms with Gasteiger partial charge in [-0.2, -0.15) is 0 Å². The van der Waals surface area contributed by atoms with Gasteiger partial charge in [0.05, 0.1) is 0 Å². The molecule has 2 aliphatic heterocycles. The minimum atomic E-state index is 0.239. The zero-order valence-electron chi connectivity index (χ0n) is 16.8. The highest BCUT2D eigenvalue weighted by Gasteiger charge is 2.30. The van der Waals surface area contributed by atoms with Gasteiger partial charge < -0.3 is 9.80 Å². The lowest BCUT2D eigenvalue weighted by molar-refractivity contribution is -0.138. The quantitative estimate of drug-likeness (QED) is 0.810. The summed E-state index contributed by atoms with van der Waals surface area (Å²) in [7, 11) is 0. The number of benzene rings is 1. The van der Waals surface area contributed by atoms with Gasteiger partial charge in [0.2, 0.25) is 5.91 Å². The Labute approximate surface area is 159 Å². The molecule has 3 rings (SSSR count). The van der Waals surface area contributed by atoms with E-state index in [9.17, 15) is 4.79 Å². The van der Waals surface area contributed by atoms with E-state index in [4.69, 9.17) is 0 Å². The second-order valence-electron chi connectivity index (χ2n) is 8.21. The first-order valence-electron chi connectivity index (χ1n) is 10.4. The molecule has 1 aromatic carbocycles. The SMILES string of the molecule is CCN1CCN(C(=O)C2CCN(Cc3ccc(C(C)C)cc3)CC2)CC1. The van der Waals surface area contributed by atoms with E-state index >= 15 is 0 Å². The number of carbonyl (C=O) groups excluding carboxylic acids is 1. The molecule has 4 heteroatoms. The van der Waals surface area contributed by atoms with E-state index in [0.717, 1.165) is 65.2 Å². The van der Waals surface area contributed by atoms with Crippen LogP contribution >= 0.6 is 0 Å². The van der Waals surface area contributed by atoms with Gasteiger partial charge in [-0.05, 0) is 49.5 Å². The summed E-state index contributed by atoms with van der Waals surface area (Å²) >= 11 is 0. The maximum Gasteiger partial charge on any atom is 0.225 e. The fourth-order valence-corrected chi connectivity index (χ4v) is 4.15. The van der Waals surface area contributed by atoms with Gasteiger partial charge >= 0.3 is 0 Å². The Morgan fingerprint density at radius 3 is 2.12 bits per heavy atom. The smallest absolute Gasteiger partial charge is 0.225 e. The normalized spacial score (nSPS) is 20.7. The molecule has 2 heterocycles. The summed E-state index contributed by atoms with van der Waals surface area (Å²) in [5, 5.41) is 0. The topological polar surface area (TPSA) is 26.8 Å². The van der Waals surface area contributed by atoms with E-state index in [2.05, 4.69) is 59.7 Å². The number of piperidine rings is 1. The lowest BCUT2D eigenvalue weighted by Crippen LogP contribution is -2.51. The lowest BCUT2D eigenvalue weighted by atomic mass is 9.94. The van der Waals surface area contributed by atoms with Crippen molar-refractivity contribution >= 4 is 5.91 Å². The third kappa shape index (κ3) is 4.86. The van der Waals surface area contributed by atoms with Gasteiger partial charge in [0.25, 0.3) is 0 Å². The van der Waals surface area contributed by atoms with E-state index in [0.29, 0.717) is 11.8 Å². The van der Waals surface area contributed by atoms with Gasteiger partial charge in [-0.15, -0.1) is 0 Å². The largest absolute Gasteiger partial charge is 0.340 e. The van der Waals surface area contributed by atoms with Crippen LogP contribution in [0, 0.1) is 5.92 Å². The predicted octanol–water partition coefficient (Wildman–Crippen LogP) is 3.19. The third-order valence-electron chi connectivity index (χ3n) is 6.12. The van der Waals surface area contributed by atoms with E-state index in [1.165, 1.54) is 11.1 Å². The summed E-state index contributed by atoms with van der Waals surface area (Å²) < 4.78 is 0. The zero-order chi connectivity index (χ0) is 18.5. The first-order chi connectivity index (χ1) is 12.6. The Kier molecular flexibility index (Phi) is 6.71. The van der Waals surface area contributed by atoms with Crippen molar-refractivity contribution in [1.29, 1.82) is 0 Å². The molecular formula is C22H35N3O. The van der Waals surface area contributed by atoms with E-state index in [1.807, 2.05) is 0 Å². The van der Waals surface area contributed by atoms with E-state index in [1.54, 1.807) is 0 Å². The Bertz CT molecular complexity index is 568. The Morgan fingerprint density at radius 1 is 0.962 bits per heavy atom. The van der Waals surface area contributed by atoms with Crippen LogP contribution in [-0.2, 0) is 11.3 Å². The summed E-state index contributed by atoms with van der Waals surface area (Å²) in [5.74, 6) is 1.23. The predicted molar refractivity (Wildman–Crippen MR) is 107 cm³/mol. The Morgan fingerprint density at radius 2 is 1.58 bits per heavy atom. The van der Waals surface area contributed by atoms with Crippen LogP contribution in [-0.4, -0.2) is 66.4 Å². The lowest BCUT2D eigenvalue weighted by Gasteiger charge is -2.38. The average molecular weight is 358 g/mol. The van der Waals surface area contributed by atoms with Crippen molar-refractivity contribution in [2.45, 2.75) is 46.1 Å². The molecule has 2 saturated heterocycles. The summed E-state index contributed by atoms with van der Waals surface area (Å²) in [5.41, 5.74) is 2.79. The number of hydrogen-bond donors (Lipinski definition) is 0. The number of nitrogens with zero attached hydrogens (tertiary/aromatic N) is 3. The highest BCUT2D eigenvalue weighted by atomic mass is 16.2. The molecule has 0 saturated carbocycles. The van der Waals surface area contributed by atoms with Gasteiger partial charge in [-0.25, -0.2) is 0 Å². The van der Waals surface area contributed by atoms with Crippen LogP contribution in [0.1, 0.15) is 50.7 Å². The number of likely N-dealkylation sites (tertiary alicyclic amines) is 1. The minimum Gasteiger partial charge on any atom is -0.340 e. The minimum absolute atomic E-state index is 0.239. The molecule has 0 aliphatic carbocycles. The molecule has 0 bridgehead atoms. The maximum atomic E-state index is 12.8. The number of rotatable bonds is 5. The van der Waals surface area contributed by atoms with Crippen LogP contribution in [0.25, 0.3) is 0 Å². The van der Waals surface area contributed by atoms with E-state index < -0.39 is 0 Å². The second kappa shape index (κ2) is 9.01. The van der Waals surface area contributed by atoms with E-state index in [-0.39, 0.29) is 5.92 Å². The Hall–Kier alpha value is -1.39. The molecule has 144 valence electrons. The van der Waals surface area contributed by atoms with Crippen LogP contribution < -0.4 is 0 Å². The number of likely N-dealkylation sites (N-methyl/N-ethyl adjacent to an activating group) is 1. The van der Waals surface area contributed by atoms with Gasteiger partial charge in [0.1, 0.15) is 0 Å². The van der Waals surface area contributed by atoms with Crippen molar-refractivity contribution in [3.05, 3.63) is 35.4 Å². The molecule has 26 heavy (non-hydrogen) atoms. The van der Waals surface area contributed by atoms with Crippen molar-refractivity contribution in [2.24, 2.45) is 5.92 Å². The number of amides is 1. The number of piperazine rings is 1. The fourth-order valence-electron chi connectivity index (χ4n) is 4.15. The zero-order valence-corrected chi connectivity index (χ0v) is 16.8. The van der Waals surface area contributed by atoms with Crippen molar-refractivity contribution in [3.63, 3.8) is 0 Å². The Balaban J connectivity index is 1.44. The first kappa shape index (κ1) is 19.4. The standard InChI is InChI=1S/C22H35N3O/c1-4-23-13-15-25(16-14-23)22(26)21-9-11-24(12-10-21)17-19-5-7-20(8-6-19)18(2)3/h5-8,18,21H,4,9-17H2,1-3H3. The molecule has 0 N–H and O–H groups in total. The van der Waals surface area contributed by atoms with Crippen LogP contribution in [0.5, 0.6) is 0 Å². The summed E-state index contributed by atoms with van der Waals surface area (Å²) in [6.07, 6.45) is 2.02. The third-order valence-corrected chi connectivity index (χ3v) is 6.12. The molecule has 0 aromatic heterocycles. The molecule has 1 aromatic rings. The monoisotopic (exact) mass is 357 g/mol. The molecule has 0 radical (unpaired) electrons. The molecule has 2 fully saturated rings. The van der Waals surface area contributed by atoms with Crippen molar-refractivity contribution in [3.8, 4) is 0 Å². The van der Waals surface area contributed by atoms with Gasteiger partial charge in [0, 0.05) is 38.6 Å². The molecule has 1 amide bonds. The highest BCUT2D eigenvalue weighted by molar-refractivity contribution is 5.79. The van der Waals surface area contributed by atoms with Gasteiger partial charge in [0.15, 0.2) is 0 Å². The number of hydrogen-bond acceptors (Lipinski definition) is 3. The van der Waals surface area contributed by atoms with Crippen molar-refractivity contribution < 1.29 is 4.79 Å². The van der Waals surface area contributed by atoms with Crippen LogP contribution in [0.2, 0.25) is 0 Å². The van der Waals surface area contributed by atoms with Gasteiger partial charge in [-0.1, -0.05) is 45.0 Å². The summed E-state index contributed by atoms with van der Waals surface area (Å²) in [4.78, 5) is 19.8. The highest BCUT2D eigenvalue weighted by Crippen LogP contribution is 2.22. The molecule has 2 aliphatic rings. The summed E-state index contributed by atoms with van der Waals surface area (Å²) in [6.45, 7) is 14.7. The molecule has 4 nitrogen and oxygen atoms in total. The fraction of sp³-hybridized carbons (Fsp3) is 0.682. The molecule has 0 spiro atoms. The van der Waals surface area contributed by atoms with Crippen LogP contribution in [0.15, 0.2) is 24.3 Å². The van der Waals surface area contributed by atoms with Crippen LogP contribution in [0.4, 0.5) is 0 Å². The van der Waals surface area contributed by atoms with Gasteiger partial charge in [-0.3, -0.25) is 9.69 Å². The summed E-state index contributed by atoms with van der Waals surface area (Å²) in [6, 6.07) is 9.04. The maximum absolute atomic E-state index is 12.8. The second-order valence-corrected chi connectivity index (χ2v) is 8.21.